The van der Waals surface area contributed by atoms with Crippen molar-refractivity contribution in [2.45, 2.75) is 58.0 Å². The molecule has 5 nitrogen and oxygen atoms in total. The lowest BCUT2D eigenvalue weighted by molar-refractivity contribution is -0.137. The number of oxime groups is 1. The van der Waals surface area contributed by atoms with E-state index in [4.69, 9.17) is 4.74 Å². The molecule has 0 spiro atoms. The Morgan fingerprint density at radius 1 is 1.00 bits per heavy atom. The van der Waals surface area contributed by atoms with Crippen LogP contribution >= 0.6 is 0 Å². The minimum atomic E-state index is -4.63. The van der Waals surface area contributed by atoms with Crippen LogP contribution in [0.4, 0.5) is 28.0 Å². The Balaban J connectivity index is 1.73. The summed E-state index contributed by atoms with van der Waals surface area (Å²) < 4.78 is 57.4. The van der Waals surface area contributed by atoms with Crippen molar-refractivity contribution in [1.29, 1.82) is 0 Å². The number of ether oxygens (including phenoxy) is 1. The number of halogens is 4. The number of nitrogens with one attached hydrogen (secondary N) is 1. The molecule has 0 aliphatic heterocycles. The fourth-order valence-electron chi connectivity index (χ4n) is 2.97. The van der Waals surface area contributed by atoms with E-state index in [9.17, 15) is 22.4 Å². The van der Waals surface area contributed by atoms with Gasteiger partial charge in [-0.05, 0) is 48.9 Å². The second-order valence-electron chi connectivity index (χ2n) is 7.47. The molecule has 0 unspecified atom stereocenters. The first kappa shape index (κ1) is 26.2. The van der Waals surface area contributed by atoms with E-state index < -0.39 is 29.2 Å². The Hall–Kier alpha value is -3.10. The number of hydrogen-bond acceptors (Lipinski definition) is 4. The van der Waals surface area contributed by atoms with Gasteiger partial charge in [-0.2, -0.15) is 13.2 Å². The average molecular weight is 468 g/mol. The quantitative estimate of drug-likeness (QED) is 0.115. The fraction of sp³-hybridized carbons (Fsp3) is 0.417. The molecular weight excluding hydrogens is 440 g/mol. The van der Waals surface area contributed by atoms with Gasteiger partial charge in [-0.3, -0.25) is 10.2 Å². The lowest BCUT2D eigenvalue weighted by Gasteiger charge is -2.08. The molecule has 0 saturated heterocycles. The van der Waals surface area contributed by atoms with Gasteiger partial charge < -0.3 is 4.74 Å². The topological polar surface area (TPSA) is 59.9 Å². The van der Waals surface area contributed by atoms with Crippen LogP contribution in [-0.4, -0.2) is 18.9 Å². The van der Waals surface area contributed by atoms with E-state index in [-0.39, 0.29) is 0 Å². The summed E-state index contributed by atoms with van der Waals surface area (Å²) in [5, 5.41) is 5.65. The molecule has 33 heavy (non-hydrogen) atoms. The molecule has 0 radical (unpaired) electrons. The highest BCUT2D eigenvalue weighted by atomic mass is 19.4. The number of carbonyl (C=O) groups excluding carboxylic acids is 1. The van der Waals surface area contributed by atoms with Crippen LogP contribution < -0.4 is 10.1 Å². The summed E-state index contributed by atoms with van der Waals surface area (Å²) in [5.41, 5.74) is -1.09. The van der Waals surface area contributed by atoms with Crippen LogP contribution in [0.3, 0.4) is 0 Å². The van der Waals surface area contributed by atoms with Crippen LogP contribution in [0.5, 0.6) is 5.75 Å². The molecule has 9 heteroatoms. The maximum atomic E-state index is 13.6. The van der Waals surface area contributed by atoms with E-state index in [0.717, 1.165) is 12.8 Å². The molecule has 1 N–H and O–H groups in total. The molecule has 0 bridgehead atoms. The number of rotatable bonds is 12. The standard InChI is InChI=1S/C24H28F4N2O3/c1-2-3-4-5-6-7-8-15-32-21-12-10-20(11-13-21)30-23(31)33-29-17-18-16-19(24(26,27)28)9-14-22(18)25/h9-14,16-17H,2-8,15H2,1H3,(H,30,31)/b29-17+. The van der Waals surface area contributed by atoms with Gasteiger partial charge in [-0.15, -0.1) is 0 Å². The van der Waals surface area contributed by atoms with Gasteiger partial charge in [0, 0.05) is 11.3 Å². The molecule has 0 aliphatic carbocycles. The SMILES string of the molecule is CCCCCCCCCOc1ccc(NC(=O)O/N=C/c2cc(C(F)(F)F)ccc2F)cc1. The minimum Gasteiger partial charge on any atom is -0.494 e. The molecule has 0 heterocycles. The van der Waals surface area contributed by atoms with E-state index in [1.165, 1.54) is 32.1 Å². The van der Waals surface area contributed by atoms with Gasteiger partial charge in [-0.25, -0.2) is 9.18 Å². The van der Waals surface area contributed by atoms with Gasteiger partial charge in [0.05, 0.1) is 18.4 Å². The second-order valence-corrected chi connectivity index (χ2v) is 7.47. The predicted octanol–water partition coefficient (Wildman–Crippen LogP) is 7.56. The number of unbranched alkanes of at least 4 members (excludes halogenated alkanes) is 6. The highest BCUT2D eigenvalue weighted by Crippen LogP contribution is 2.30. The molecular formula is C24H28F4N2O3. The Morgan fingerprint density at radius 2 is 1.67 bits per heavy atom. The van der Waals surface area contributed by atoms with Gasteiger partial charge in [0.1, 0.15) is 11.6 Å². The van der Waals surface area contributed by atoms with Crippen LogP contribution in [0.15, 0.2) is 47.6 Å². The van der Waals surface area contributed by atoms with Gasteiger partial charge in [0.25, 0.3) is 0 Å². The van der Waals surface area contributed by atoms with Crippen molar-refractivity contribution in [3.05, 3.63) is 59.4 Å². The van der Waals surface area contributed by atoms with Crippen molar-refractivity contribution in [2.75, 3.05) is 11.9 Å². The van der Waals surface area contributed by atoms with Crippen LogP contribution in [0.1, 0.15) is 63.0 Å². The van der Waals surface area contributed by atoms with Gasteiger partial charge in [0.2, 0.25) is 0 Å². The third kappa shape index (κ3) is 9.93. The maximum absolute atomic E-state index is 13.6. The second kappa shape index (κ2) is 13.4. The van der Waals surface area contributed by atoms with Crippen molar-refractivity contribution in [1.82, 2.24) is 0 Å². The summed E-state index contributed by atoms with van der Waals surface area (Å²) in [4.78, 5) is 16.3. The maximum Gasteiger partial charge on any atom is 0.437 e. The van der Waals surface area contributed by atoms with Crippen molar-refractivity contribution >= 4 is 18.0 Å². The third-order valence-electron chi connectivity index (χ3n) is 4.77. The Labute approximate surface area is 190 Å². The summed E-state index contributed by atoms with van der Waals surface area (Å²) in [5.74, 6) is -0.263. The smallest absolute Gasteiger partial charge is 0.437 e. The molecule has 2 aromatic rings. The van der Waals surface area contributed by atoms with Crippen molar-refractivity contribution in [2.24, 2.45) is 5.16 Å². The predicted molar refractivity (Wildman–Crippen MR) is 119 cm³/mol. The van der Waals surface area contributed by atoms with Crippen molar-refractivity contribution in [3.8, 4) is 5.75 Å². The number of carbonyl (C=O) groups is 1. The zero-order chi connectivity index (χ0) is 24.1. The van der Waals surface area contributed by atoms with Gasteiger partial charge in [0.15, 0.2) is 0 Å². The Morgan fingerprint density at radius 3 is 2.33 bits per heavy atom. The molecule has 2 rings (SSSR count). The Kier molecular flexibility index (Phi) is 10.7. The normalized spacial score (nSPS) is 11.5. The van der Waals surface area contributed by atoms with Gasteiger partial charge >= 0.3 is 12.3 Å². The zero-order valence-electron chi connectivity index (χ0n) is 18.5. The average Bonchev–Trinajstić information content (AvgIpc) is 2.77. The number of alkyl halides is 3. The van der Waals surface area contributed by atoms with Crippen molar-refractivity contribution in [3.63, 3.8) is 0 Å². The minimum absolute atomic E-state index is 0.406. The van der Waals surface area contributed by atoms with Crippen LogP contribution in [0.2, 0.25) is 0 Å². The van der Waals surface area contributed by atoms with Crippen molar-refractivity contribution < 1.29 is 31.9 Å². The molecule has 0 saturated carbocycles. The number of benzene rings is 2. The fourth-order valence-corrected chi connectivity index (χ4v) is 2.97. The molecule has 0 atom stereocenters. The Bertz CT molecular complexity index is 900. The van der Waals surface area contributed by atoms with Crippen LogP contribution in [0.25, 0.3) is 0 Å². The van der Waals surface area contributed by atoms with E-state index in [2.05, 4.69) is 22.2 Å². The van der Waals surface area contributed by atoms with E-state index in [1.807, 2.05) is 0 Å². The highest BCUT2D eigenvalue weighted by molar-refractivity contribution is 5.86. The molecule has 180 valence electrons. The first-order chi connectivity index (χ1) is 15.8. The lowest BCUT2D eigenvalue weighted by atomic mass is 10.1. The first-order valence-corrected chi connectivity index (χ1v) is 10.9. The van der Waals surface area contributed by atoms with E-state index in [0.29, 0.717) is 42.5 Å². The third-order valence-corrected chi connectivity index (χ3v) is 4.77. The highest BCUT2D eigenvalue weighted by Gasteiger charge is 2.30. The van der Waals surface area contributed by atoms with Crippen LogP contribution in [-0.2, 0) is 11.0 Å². The summed E-state index contributed by atoms with van der Waals surface area (Å²) >= 11 is 0. The summed E-state index contributed by atoms with van der Waals surface area (Å²) in [6.07, 6.45) is 3.45. The number of nitrogens with zero attached hydrogens (tertiary/aromatic N) is 1. The summed E-state index contributed by atoms with van der Waals surface area (Å²) in [7, 11) is 0. The molecule has 1 amide bonds. The summed E-state index contributed by atoms with van der Waals surface area (Å²) in [6, 6.07) is 8.46. The number of amides is 1. The molecule has 0 aliphatic rings. The monoisotopic (exact) mass is 468 g/mol. The lowest BCUT2D eigenvalue weighted by Crippen LogP contribution is -2.11. The zero-order valence-corrected chi connectivity index (χ0v) is 18.5. The number of anilines is 1. The molecule has 0 fully saturated rings. The van der Waals surface area contributed by atoms with E-state index in [1.54, 1.807) is 24.3 Å². The summed E-state index contributed by atoms with van der Waals surface area (Å²) in [6.45, 7) is 2.81. The van der Waals surface area contributed by atoms with E-state index >= 15 is 0 Å². The molecule has 2 aromatic carbocycles. The largest absolute Gasteiger partial charge is 0.494 e. The number of hydrogen-bond donors (Lipinski definition) is 1. The first-order valence-electron chi connectivity index (χ1n) is 10.9. The molecule has 0 aromatic heterocycles. The van der Waals surface area contributed by atoms with Crippen LogP contribution in [0, 0.1) is 5.82 Å². The van der Waals surface area contributed by atoms with Gasteiger partial charge in [-0.1, -0.05) is 50.6 Å².